The van der Waals surface area contributed by atoms with Crippen LogP contribution in [0.2, 0.25) is 0 Å². The van der Waals surface area contributed by atoms with Crippen LogP contribution in [0.15, 0.2) is 30.3 Å². The summed E-state index contributed by atoms with van der Waals surface area (Å²) in [4.78, 5) is 0. The number of hydrogen-bond acceptors (Lipinski definition) is 0. The second-order valence-corrected chi connectivity index (χ2v) is 2.72. The zero-order valence-electron chi connectivity index (χ0n) is 7.17. The van der Waals surface area contributed by atoms with E-state index in [4.69, 9.17) is 0 Å². The van der Waals surface area contributed by atoms with Crippen molar-refractivity contribution in [1.82, 2.24) is 0 Å². The minimum absolute atomic E-state index is 0. The molecule has 0 amide bonds. The summed E-state index contributed by atoms with van der Waals surface area (Å²) in [5, 5.41) is 0. The number of benzene rings is 1. The second kappa shape index (κ2) is 5.25. The Morgan fingerprint density at radius 1 is 1.18 bits per heavy atom. The Bertz CT molecular complexity index is 181. The Morgan fingerprint density at radius 3 is 2.18 bits per heavy atom. The lowest BCUT2D eigenvalue weighted by Gasteiger charge is -2.06. The van der Waals surface area contributed by atoms with Crippen molar-refractivity contribution >= 4 is 13.5 Å². The molecule has 1 aromatic carbocycles. The first-order chi connectivity index (χ1) is 4.84. The van der Waals surface area contributed by atoms with Gasteiger partial charge in [-0.05, 0) is 17.9 Å². The first-order valence-corrected chi connectivity index (χ1v) is 3.89. The van der Waals surface area contributed by atoms with Gasteiger partial charge < -0.3 is 0 Å². The van der Waals surface area contributed by atoms with E-state index < -0.39 is 0 Å². The molecular weight excluding hydrogens is 152 g/mol. The van der Waals surface area contributed by atoms with Crippen LogP contribution in [0.4, 0.5) is 0 Å². The highest BCUT2D eigenvalue weighted by Crippen LogP contribution is 2.16. The fourth-order valence-electron chi connectivity index (χ4n) is 1.02. The minimum atomic E-state index is 0. The van der Waals surface area contributed by atoms with Crippen LogP contribution >= 0.6 is 13.5 Å². The molecule has 1 rings (SSSR count). The van der Waals surface area contributed by atoms with Gasteiger partial charge in [0.2, 0.25) is 0 Å². The zero-order valence-corrected chi connectivity index (χ0v) is 8.17. The van der Waals surface area contributed by atoms with Gasteiger partial charge in [0.25, 0.3) is 0 Å². The molecule has 0 aromatic heterocycles. The summed E-state index contributed by atoms with van der Waals surface area (Å²) in [7, 11) is 0. The fourth-order valence-corrected chi connectivity index (χ4v) is 1.02. The summed E-state index contributed by atoms with van der Waals surface area (Å²) >= 11 is 0. The van der Waals surface area contributed by atoms with Gasteiger partial charge in [0.05, 0.1) is 0 Å². The molecule has 0 fully saturated rings. The van der Waals surface area contributed by atoms with E-state index in [9.17, 15) is 0 Å². The molecular formula is C10H16S. The molecule has 0 aliphatic rings. The van der Waals surface area contributed by atoms with E-state index in [2.05, 4.69) is 44.2 Å². The third-order valence-corrected chi connectivity index (χ3v) is 1.98. The van der Waals surface area contributed by atoms with Crippen LogP contribution in [-0.2, 0) is 0 Å². The Kier molecular flexibility index (Phi) is 5.05. The molecule has 0 nitrogen and oxygen atoms in total. The lowest BCUT2D eigenvalue weighted by molar-refractivity contribution is 0.733. The quantitative estimate of drug-likeness (QED) is 0.635. The molecule has 1 atom stereocenters. The molecule has 0 heterocycles. The van der Waals surface area contributed by atoms with E-state index in [1.54, 1.807) is 0 Å². The molecule has 0 saturated heterocycles. The first kappa shape index (κ1) is 10.6. The Hall–Kier alpha value is -0.430. The smallest absolute Gasteiger partial charge is 0.0193 e. The molecule has 11 heavy (non-hydrogen) atoms. The van der Waals surface area contributed by atoms with Gasteiger partial charge in [0, 0.05) is 0 Å². The van der Waals surface area contributed by atoms with Crippen molar-refractivity contribution in [3.05, 3.63) is 35.9 Å². The van der Waals surface area contributed by atoms with Crippen molar-refractivity contribution in [3.63, 3.8) is 0 Å². The van der Waals surface area contributed by atoms with Gasteiger partial charge in [-0.25, -0.2) is 0 Å². The van der Waals surface area contributed by atoms with Crippen molar-refractivity contribution in [1.29, 1.82) is 0 Å². The van der Waals surface area contributed by atoms with Gasteiger partial charge in [-0.3, -0.25) is 0 Å². The van der Waals surface area contributed by atoms with E-state index in [1.807, 2.05) is 0 Å². The maximum absolute atomic E-state index is 2.26. The fraction of sp³-hybridized carbons (Fsp3) is 0.400. The van der Waals surface area contributed by atoms with Crippen molar-refractivity contribution in [2.45, 2.75) is 26.2 Å². The maximum Gasteiger partial charge on any atom is -0.0193 e. The third kappa shape index (κ3) is 2.98. The highest BCUT2D eigenvalue weighted by molar-refractivity contribution is 7.59. The highest BCUT2D eigenvalue weighted by Gasteiger charge is 1.98. The molecule has 62 valence electrons. The van der Waals surface area contributed by atoms with Gasteiger partial charge >= 0.3 is 0 Å². The van der Waals surface area contributed by atoms with Gasteiger partial charge in [0.1, 0.15) is 0 Å². The molecule has 0 saturated carbocycles. The van der Waals surface area contributed by atoms with Crippen LogP contribution in [-0.4, -0.2) is 0 Å². The van der Waals surface area contributed by atoms with Crippen LogP contribution in [0.25, 0.3) is 0 Å². The predicted octanol–water partition coefficient (Wildman–Crippen LogP) is 3.31. The summed E-state index contributed by atoms with van der Waals surface area (Å²) in [5.41, 5.74) is 1.45. The summed E-state index contributed by atoms with van der Waals surface area (Å²) in [6.45, 7) is 4.48. The SMILES string of the molecule is CCC(C)c1ccccc1.S. The maximum atomic E-state index is 2.26. The van der Waals surface area contributed by atoms with Gasteiger partial charge in [0.15, 0.2) is 0 Å². The molecule has 0 aliphatic heterocycles. The summed E-state index contributed by atoms with van der Waals surface area (Å²) in [6, 6.07) is 10.6. The van der Waals surface area contributed by atoms with E-state index in [1.165, 1.54) is 12.0 Å². The van der Waals surface area contributed by atoms with Crippen LogP contribution in [0, 0.1) is 0 Å². The number of hydrogen-bond donors (Lipinski definition) is 0. The summed E-state index contributed by atoms with van der Waals surface area (Å²) in [6.07, 6.45) is 1.23. The first-order valence-electron chi connectivity index (χ1n) is 3.89. The molecule has 0 N–H and O–H groups in total. The normalized spacial score (nSPS) is 11.8. The highest BCUT2D eigenvalue weighted by atomic mass is 32.1. The Labute approximate surface area is 76.1 Å². The van der Waals surface area contributed by atoms with Gasteiger partial charge in [-0.15, -0.1) is 0 Å². The van der Waals surface area contributed by atoms with E-state index in [-0.39, 0.29) is 13.5 Å². The van der Waals surface area contributed by atoms with Crippen LogP contribution in [0.1, 0.15) is 31.7 Å². The summed E-state index contributed by atoms with van der Waals surface area (Å²) in [5.74, 6) is 0.709. The second-order valence-electron chi connectivity index (χ2n) is 2.72. The zero-order chi connectivity index (χ0) is 7.40. The lowest BCUT2D eigenvalue weighted by atomic mass is 9.99. The van der Waals surface area contributed by atoms with Crippen molar-refractivity contribution in [2.24, 2.45) is 0 Å². The van der Waals surface area contributed by atoms with Crippen molar-refractivity contribution in [3.8, 4) is 0 Å². The molecule has 1 heteroatoms. The Morgan fingerprint density at radius 2 is 1.73 bits per heavy atom. The standard InChI is InChI=1S/C10H14.H2S/c1-3-9(2)10-7-5-4-6-8-10;/h4-9H,3H2,1-2H3;1H2. The van der Waals surface area contributed by atoms with Gasteiger partial charge in [-0.1, -0.05) is 44.2 Å². The molecule has 0 bridgehead atoms. The number of rotatable bonds is 2. The van der Waals surface area contributed by atoms with Crippen LogP contribution < -0.4 is 0 Å². The molecule has 0 aliphatic carbocycles. The van der Waals surface area contributed by atoms with E-state index in [0.717, 1.165) is 0 Å². The van der Waals surface area contributed by atoms with Gasteiger partial charge in [-0.2, -0.15) is 13.5 Å². The average molecular weight is 168 g/mol. The van der Waals surface area contributed by atoms with Crippen molar-refractivity contribution < 1.29 is 0 Å². The molecule has 1 aromatic rings. The third-order valence-electron chi connectivity index (χ3n) is 1.98. The largest absolute Gasteiger partial charge is 0.197 e. The molecule has 0 radical (unpaired) electrons. The van der Waals surface area contributed by atoms with Crippen LogP contribution in [0.3, 0.4) is 0 Å². The van der Waals surface area contributed by atoms with E-state index in [0.29, 0.717) is 5.92 Å². The van der Waals surface area contributed by atoms with Crippen molar-refractivity contribution in [2.75, 3.05) is 0 Å². The van der Waals surface area contributed by atoms with Crippen LogP contribution in [0.5, 0.6) is 0 Å². The topological polar surface area (TPSA) is 0 Å². The lowest BCUT2D eigenvalue weighted by Crippen LogP contribution is -1.88. The van der Waals surface area contributed by atoms with E-state index >= 15 is 0 Å². The summed E-state index contributed by atoms with van der Waals surface area (Å²) < 4.78 is 0. The Balaban J connectivity index is 0.000001000. The minimum Gasteiger partial charge on any atom is -0.197 e. The average Bonchev–Trinajstić information content (AvgIpc) is 2.05. The molecule has 0 spiro atoms. The predicted molar refractivity (Wildman–Crippen MR) is 55.5 cm³/mol. The monoisotopic (exact) mass is 168 g/mol. The molecule has 1 unspecified atom stereocenters.